The Morgan fingerprint density at radius 3 is 2.96 bits per heavy atom. The van der Waals surface area contributed by atoms with Crippen molar-refractivity contribution in [2.24, 2.45) is 7.05 Å². The summed E-state index contributed by atoms with van der Waals surface area (Å²) in [6.45, 7) is 2.61. The Hall–Kier alpha value is -2.06. The first-order valence-electron chi connectivity index (χ1n) is 8.17. The fraction of sp³-hybridized carbons (Fsp3) is 0.353. The van der Waals surface area contributed by atoms with Crippen LogP contribution >= 0.6 is 23.1 Å². The molecule has 3 rings (SSSR count). The molecule has 0 saturated heterocycles. The van der Waals surface area contributed by atoms with Crippen molar-refractivity contribution >= 4 is 33.9 Å². The summed E-state index contributed by atoms with van der Waals surface area (Å²) in [6.07, 6.45) is 6.11. The zero-order valence-corrected chi connectivity index (χ0v) is 15.9. The van der Waals surface area contributed by atoms with Gasteiger partial charge >= 0.3 is 0 Å². The van der Waals surface area contributed by atoms with Crippen LogP contribution in [0.25, 0.3) is 0 Å². The molecule has 132 valence electrons. The summed E-state index contributed by atoms with van der Waals surface area (Å²) in [7, 11) is 1.94. The number of benzene rings is 1. The number of hydrogen-bond acceptors (Lipinski definition) is 7. The van der Waals surface area contributed by atoms with Crippen molar-refractivity contribution in [2.45, 2.75) is 24.1 Å². The molecule has 2 heterocycles. The van der Waals surface area contributed by atoms with Gasteiger partial charge in [-0.15, -0.1) is 10.2 Å². The highest BCUT2D eigenvalue weighted by Crippen LogP contribution is 2.31. The second-order valence-corrected chi connectivity index (χ2v) is 7.72. The first-order valence-corrected chi connectivity index (χ1v) is 9.97. The van der Waals surface area contributed by atoms with Gasteiger partial charge in [-0.2, -0.15) is 5.10 Å². The molecule has 0 bridgehead atoms. The van der Waals surface area contributed by atoms with Crippen LogP contribution in [-0.4, -0.2) is 32.3 Å². The number of nitrogens with zero attached hydrogens (tertiary/aromatic N) is 4. The first-order chi connectivity index (χ1) is 12.2. The van der Waals surface area contributed by atoms with Crippen LogP contribution in [0.5, 0.6) is 5.75 Å². The van der Waals surface area contributed by atoms with Crippen molar-refractivity contribution in [3.8, 4) is 5.75 Å². The topological polar surface area (TPSA) is 64.9 Å². The van der Waals surface area contributed by atoms with E-state index in [1.54, 1.807) is 23.1 Å². The van der Waals surface area contributed by atoms with Gasteiger partial charge in [0.25, 0.3) is 0 Å². The van der Waals surface area contributed by atoms with Crippen molar-refractivity contribution in [1.29, 1.82) is 0 Å². The molecule has 0 fully saturated rings. The Morgan fingerprint density at radius 2 is 2.16 bits per heavy atom. The number of nitrogens with one attached hydrogen (secondary N) is 1. The molecule has 0 aliphatic heterocycles. The molecule has 0 radical (unpaired) electrons. The Labute approximate surface area is 155 Å². The van der Waals surface area contributed by atoms with Crippen LogP contribution in [0.2, 0.25) is 0 Å². The maximum absolute atomic E-state index is 5.62. The van der Waals surface area contributed by atoms with Gasteiger partial charge in [0.2, 0.25) is 5.13 Å². The van der Waals surface area contributed by atoms with Gasteiger partial charge in [-0.3, -0.25) is 4.68 Å². The molecule has 0 unspecified atom stereocenters. The van der Waals surface area contributed by atoms with Crippen molar-refractivity contribution in [3.05, 3.63) is 42.2 Å². The highest BCUT2D eigenvalue weighted by atomic mass is 32.2. The molecule has 1 N–H and O–H groups in total. The van der Waals surface area contributed by atoms with Gasteiger partial charge in [-0.1, -0.05) is 35.2 Å². The van der Waals surface area contributed by atoms with Gasteiger partial charge in [0.15, 0.2) is 4.34 Å². The van der Waals surface area contributed by atoms with E-state index in [1.165, 1.54) is 5.56 Å². The maximum atomic E-state index is 5.62. The lowest BCUT2D eigenvalue weighted by Gasteiger charge is -2.09. The summed E-state index contributed by atoms with van der Waals surface area (Å²) in [4.78, 5) is 0. The molecule has 1 aromatic carbocycles. The summed E-state index contributed by atoms with van der Waals surface area (Å²) in [6, 6.07) is 7.86. The lowest BCUT2D eigenvalue weighted by molar-refractivity contribution is 0.342. The highest BCUT2D eigenvalue weighted by Gasteiger charge is 2.08. The van der Waals surface area contributed by atoms with E-state index in [1.807, 2.05) is 49.1 Å². The van der Waals surface area contributed by atoms with Gasteiger partial charge in [-0.25, -0.2) is 0 Å². The number of thioether (sulfide) groups is 1. The van der Waals surface area contributed by atoms with Crippen molar-refractivity contribution in [3.63, 3.8) is 0 Å². The lowest BCUT2D eigenvalue weighted by Crippen LogP contribution is -1.97. The molecule has 2 aromatic heterocycles. The summed E-state index contributed by atoms with van der Waals surface area (Å²) in [5, 5.41) is 16.7. The molecule has 0 amide bonds. The zero-order chi connectivity index (χ0) is 17.5. The zero-order valence-electron chi connectivity index (χ0n) is 14.3. The summed E-state index contributed by atoms with van der Waals surface area (Å²) in [5.41, 5.74) is 2.18. The van der Waals surface area contributed by atoms with E-state index in [4.69, 9.17) is 4.74 Å². The molecule has 6 nitrogen and oxygen atoms in total. The van der Waals surface area contributed by atoms with Crippen LogP contribution in [0.3, 0.4) is 0 Å². The number of aromatic nitrogens is 4. The molecule has 0 spiro atoms. The van der Waals surface area contributed by atoms with E-state index >= 15 is 0 Å². The lowest BCUT2D eigenvalue weighted by atomic mass is 10.2. The average molecular weight is 376 g/mol. The molecular weight excluding hydrogens is 354 g/mol. The number of hydrogen-bond donors (Lipinski definition) is 1. The monoisotopic (exact) mass is 375 g/mol. The molecule has 3 aromatic rings. The summed E-state index contributed by atoms with van der Waals surface area (Å²) in [5.74, 6) is 1.84. The van der Waals surface area contributed by atoms with E-state index in [0.29, 0.717) is 6.61 Å². The number of aryl methyl sites for hydroxylation is 2. The predicted octanol–water partition coefficient (Wildman–Crippen LogP) is 4.14. The van der Waals surface area contributed by atoms with E-state index in [-0.39, 0.29) is 0 Å². The SMILES string of the molecule is CCOc1ccccc1Nc1nnc(SCCCc2cnn(C)c2)s1. The van der Waals surface area contributed by atoms with Gasteiger partial charge < -0.3 is 10.1 Å². The summed E-state index contributed by atoms with van der Waals surface area (Å²) >= 11 is 3.30. The van der Waals surface area contributed by atoms with Gasteiger partial charge in [0.1, 0.15) is 5.75 Å². The number of rotatable bonds is 9. The van der Waals surface area contributed by atoms with E-state index in [2.05, 4.69) is 26.8 Å². The standard InChI is InChI=1S/C17H21N5OS2/c1-3-23-15-9-5-4-8-14(15)19-16-20-21-17(25-16)24-10-6-7-13-11-18-22(2)12-13/h4-5,8-9,11-12H,3,6-7,10H2,1-2H3,(H,19,20). The third kappa shape index (κ3) is 5.20. The largest absolute Gasteiger partial charge is 0.492 e. The van der Waals surface area contributed by atoms with Crippen molar-refractivity contribution in [2.75, 3.05) is 17.7 Å². The van der Waals surface area contributed by atoms with E-state index < -0.39 is 0 Å². The Balaban J connectivity index is 1.49. The van der Waals surface area contributed by atoms with Crippen LogP contribution in [0.15, 0.2) is 41.0 Å². The summed E-state index contributed by atoms with van der Waals surface area (Å²) < 4.78 is 8.43. The van der Waals surface area contributed by atoms with Gasteiger partial charge in [0.05, 0.1) is 18.5 Å². The molecule has 0 saturated carbocycles. The van der Waals surface area contributed by atoms with E-state index in [0.717, 1.165) is 39.5 Å². The smallest absolute Gasteiger partial charge is 0.210 e. The number of para-hydroxylation sites is 2. The van der Waals surface area contributed by atoms with Crippen molar-refractivity contribution < 1.29 is 4.74 Å². The minimum atomic E-state index is 0.632. The third-order valence-electron chi connectivity index (χ3n) is 3.43. The fourth-order valence-electron chi connectivity index (χ4n) is 2.32. The third-order valence-corrected chi connectivity index (χ3v) is 5.49. The Morgan fingerprint density at radius 1 is 1.28 bits per heavy atom. The predicted molar refractivity (Wildman–Crippen MR) is 103 cm³/mol. The van der Waals surface area contributed by atoms with E-state index in [9.17, 15) is 0 Å². The molecule has 25 heavy (non-hydrogen) atoms. The van der Waals surface area contributed by atoms with Crippen molar-refractivity contribution in [1.82, 2.24) is 20.0 Å². The van der Waals surface area contributed by atoms with Crippen LogP contribution in [0.1, 0.15) is 18.9 Å². The highest BCUT2D eigenvalue weighted by molar-refractivity contribution is 8.01. The minimum Gasteiger partial charge on any atom is -0.492 e. The van der Waals surface area contributed by atoms with Gasteiger partial charge in [0, 0.05) is 19.0 Å². The fourth-order valence-corrected chi connectivity index (χ4v) is 4.10. The number of anilines is 2. The van der Waals surface area contributed by atoms with Gasteiger partial charge in [-0.05, 0) is 37.5 Å². The number of ether oxygens (including phenoxy) is 1. The molecule has 8 heteroatoms. The van der Waals surface area contributed by atoms with Crippen LogP contribution in [0, 0.1) is 0 Å². The normalized spacial score (nSPS) is 10.8. The quantitative estimate of drug-likeness (QED) is 0.448. The second-order valence-electron chi connectivity index (χ2n) is 5.40. The van der Waals surface area contributed by atoms with Crippen LogP contribution < -0.4 is 10.1 Å². The minimum absolute atomic E-state index is 0.632. The molecule has 0 aliphatic rings. The average Bonchev–Trinajstić information content (AvgIpc) is 3.23. The molecule has 0 aliphatic carbocycles. The maximum Gasteiger partial charge on any atom is 0.210 e. The first kappa shape index (κ1) is 17.8. The van der Waals surface area contributed by atoms with Crippen LogP contribution in [0.4, 0.5) is 10.8 Å². The Kier molecular flexibility index (Phi) is 6.30. The van der Waals surface area contributed by atoms with Crippen LogP contribution in [-0.2, 0) is 13.5 Å². The Bertz CT molecular complexity index is 802. The molecule has 0 atom stereocenters. The molecular formula is C17H21N5OS2. The second kappa shape index (κ2) is 8.87.